The first-order chi connectivity index (χ1) is 8.24. The minimum Gasteiger partial charge on any atom is -0.376 e. The van der Waals surface area contributed by atoms with E-state index in [1.165, 1.54) is 32.1 Å². The van der Waals surface area contributed by atoms with E-state index in [1.807, 2.05) is 0 Å². The predicted molar refractivity (Wildman–Crippen MR) is 85.5 cm³/mol. The Morgan fingerprint density at radius 1 is 1.44 bits per heavy atom. The van der Waals surface area contributed by atoms with Gasteiger partial charge >= 0.3 is 0 Å². The molecular weight excluding hydrogens is 341 g/mol. The topological polar surface area (TPSA) is 59.6 Å². The van der Waals surface area contributed by atoms with Crippen molar-refractivity contribution in [3.8, 4) is 0 Å². The number of aliphatic imine (C=N–C) groups is 1. The van der Waals surface area contributed by atoms with Crippen LogP contribution in [0, 0.1) is 5.41 Å². The highest BCUT2D eigenvalue weighted by molar-refractivity contribution is 14.0. The van der Waals surface area contributed by atoms with Gasteiger partial charge in [-0.3, -0.25) is 4.99 Å². The van der Waals surface area contributed by atoms with Gasteiger partial charge in [0.15, 0.2) is 5.96 Å². The normalized spacial score (nSPS) is 26.3. The maximum Gasteiger partial charge on any atom is 0.188 e. The number of hydrogen-bond acceptors (Lipinski definition) is 2. The Labute approximate surface area is 127 Å². The van der Waals surface area contributed by atoms with Gasteiger partial charge in [-0.15, -0.1) is 24.0 Å². The van der Waals surface area contributed by atoms with Crippen molar-refractivity contribution in [1.82, 2.24) is 5.32 Å². The van der Waals surface area contributed by atoms with Gasteiger partial charge in [-0.25, -0.2) is 0 Å². The van der Waals surface area contributed by atoms with Crippen molar-refractivity contribution >= 4 is 29.9 Å². The van der Waals surface area contributed by atoms with Gasteiger partial charge in [0.05, 0.1) is 6.10 Å². The predicted octanol–water partition coefficient (Wildman–Crippen LogP) is 2.27. The molecule has 2 fully saturated rings. The summed E-state index contributed by atoms with van der Waals surface area (Å²) in [5.74, 6) is 0.584. The Kier molecular flexibility index (Phi) is 6.70. The number of ether oxygens (including phenoxy) is 1. The highest BCUT2D eigenvalue weighted by Crippen LogP contribution is 2.43. The number of nitrogens with zero attached hydrogens (tertiary/aromatic N) is 1. The van der Waals surface area contributed by atoms with Crippen LogP contribution in [0.3, 0.4) is 0 Å². The van der Waals surface area contributed by atoms with Crippen molar-refractivity contribution in [3.63, 3.8) is 0 Å². The first-order valence-electron chi connectivity index (χ1n) is 6.89. The van der Waals surface area contributed by atoms with Gasteiger partial charge in [0.2, 0.25) is 0 Å². The van der Waals surface area contributed by atoms with Gasteiger partial charge in [0.1, 0.15) is 0 Å². The number of halogens is 1. The zero-order valence-electron chi connectivity index (χ0n) is 11.3. The maximum atomic E-state index is 5.88. The number of guanidine groups is 1. The lowest BCUT2D eigenvalue weighted by molar-refractivity contribution is 0.113. The standard InChI is InChI=1S/C13H25N3O.HI/c1-2-13(6-4-7-13)10-16-12(14)15-9-11-5-3-8-17-11;/h11H,2-10H2,1H3,(H3,14,15,16);1H. The molecule has 106 valence electrons. The molecule has 0 aromatic carbocycles. The molecule has 18 heavy (non-hydrogen) atoms. The summed E-state index contributed by atoms with van der Waals surface area (Å²) in [5, 5.41) is 3.17. The minimum atomic E-state index is 0. The van der Waals surface area contributed by atoms with Crippen molar-refractivity contribution in [2.45, 2.75) is 51.6 Å². The molecule has 0 radical (unpaired) electrons. The maximum absolute atomic E-state index is 5.88. The highest BCUT2D eigenvalue weighted by Gasteiger charge is 2.34. The third-order valence-electron chi connectivity index (χ3n) is 4.28. The van der Waals surface area contributed by atoms with Crippen molar-refractivity contribution in [1.29, 1.82) is 0 Å². The monoisotopic (exact) mass is 367 g/mol. The van der Waals surface area contributed by atoms with Gasteiger partial charge in [-0.2, -0.15) is 0 Å². The first kappa shape index (κ1) is 16.0. The van der Waals surface area contributed by atoms with Gasteiger partial charge in [0, 0.05) is 19.7 Å². The molecule has 0 aromatic rings. The lowest BCUT2D eigenvalue weighted by atomic mass is 9.67. The molecule has 4 nitrogen and oxygen atoms in total. The lowest BCUT2D eigenvalue weighted by Gasteiger charge is -2.40. The molecule has 1 aliphatic carbocycles. The van der Waals surface area contributed by atoms with Gasteiger partial charge in [-0.1, -0.05) is 13.3 Å². The molecule has 1 aliphatic heterocycles. The van der Waals surface area contributed by atoms with E-state index in [-0.39, 0.29) is 24.0 Å². The van der Waals surface area contributed by atoms with Crippen LogP contribution in [-0.4, -0.2) is 31.8 Å². The van der Waals surface area contributed by atoms with Crippen molar-refractivity contribution in [2.75, 3.05) is 19.7 Å². The molecule has 1 saturated heterocycles. The summed E-state index contributed by atoms with van der Waals surface area (Å²) < 4.78 is 5.53. The second kappa shape index (κ2) is 7.53. The minimum absolute atomic E-state index is 0. The van der Waals surface area contributed by atoms with Crippen molar-refractivity contribution in [3.05, 3.63) is 0 Å². The Morgan fingerprint density at radius 2 is 2.22 bits per heavy atom. The van der Waals surface area contributed by atoms with Crippen LogP contribution in [0.5, 0.6) is 0 Å². The van der Waals surface area contributed by atoms with Crippen LogP contribution >= 0.6 is 24.0 Å². The Hall–Kier alpha value is -0.0400. The zero-order chi connectivity index (χ0) is 12.1. The van der Waals surface area contributed by atoms with E-state index in [0.29, 0.717) is 17.5 Å². The summed E-state index contributed by atoms with van der Waals surface area (Å²) in [5.41, 5.74) is 6.33. The Morgan fingerprint density at radius 3 is 2.72 bits per heavy atom. The van der Waals surface area contributed by atoms with Gasteiger partial charge in [-0.05, 0) is 37.5 Å². The molecule has 1 atom stereocenters. The smallest absolute Gasteiger partial charge is 0.188 e. The second-order valence-corrected chi connectivity index (χ2v) is 5.42. The molecule has 1 saturated carbocycles. The molecule has 0 spiro atoms. The van der Waals surface area contributed by atoms with Crippen LogP contribution < -0.4 is 11.1 Å². The fraction of sp³-hybridized carbons (Fsp3) is 0.923. The second-order valence-electron chi connectivity index (χ2n) is 5.42. The van der Waals surface area contributed by atoms with E-state index in [2.05, 4.69) is 17.2 Å². The largest absolute Gasteiger partial charge is 0.376 e. The Bertz CT molecular complexity index is 268. The molecule has 3 N–H and O–H groups in total. The number of nitrogens with two attached hydrogens (primary N) is 1. The van der Waals surface area contributed by atoms with Crippen LogP contribution in [0.1, 0.15) is 45.4 Å². The summed E-state index contributed by atoms with van der Waals surface area (Å²) in [6, 6.07) is 0. The van der Waals surface area contributed by atoms with Gasteiger partial charge in [0.25, 0.3) is 0 Å². The van der Waals surface area contributed by atoms with E-state index < -0.39 is 0 Å². The summed E-state index contributed by atoms with van der Waals surface area (Å²) in [7, 11) is 0. The average molecular weight is 367 g/mol. The summed E-state index contributed by atoms with van der Waals surface area (Å²) >= 11 is 0. The molecule has 0 bridgehead atoms. The molecule has 0 aromatic heterocycles. The van der Waals surface area contributed by atoms with Crippen LogP contribution in [0.2, 0.25) is 0 Å². The van der Waals surface area contributed by atoms with Crippen LogP contribution in [0.4, 0.5) is 0 Å². The van der Waals surface area contributed by atoms with Crippen molar-refractivity contribution < 1.29 is 4.74 Å². The van der Waals surface area contributed by atoms with Crippen molar-refractivity contribution in [2.24, 2.45) is 16.1 Å². The van der Waals surface area contributed by atoms with E-state index >= 15 is 0 Å². The SMILES string of the molecule is CCC1(CN=C(N)NCC2CCCO2)CCC1.I. The molecule has 2 rings (SSSR count). The third kappa shape index (κ3) is 4.26. The van der Waals surface area contributed by atoms with E-state index in [4.69, 9.17) is 10.5 Å². The molecule has 5 heteroatoms. The number of nitrogens with one attached hydrogen (secondary N) is 1. The molecular formula is C13H26IN3O. The molecule has 1 heterocycles. The average Bonchev–Trinajstić information content (AvgIpc) is 2.78. The summed E-state index contributed by atoms with van der Waals surface area (Å²) in [6.45, 7) is 4.83. The Balaban J connectivity index is 0.00000162. The molecule has 0 amide bonds. The molecule has 1 unspecified atom stereocenters. The van der Waals surface area contributed by atoms with Crippen LogP contribution in [0.25, 0.3) is 0 Å². The van der Waals surface area contributed by atoms with Gasteiger partial charge < -0.3 is 15.8 Å². The first-order valence-corrected chi connectivity index (χ1v) is 6.89. The lowest BCUT2D eigenvalue weighted by Crippen LogP contribution is -2.39. The molecule has 2 aliphatic rings. The van der Waals surface area contributed by atoms with E-state index in [1.54, 1.807) is 0 Å². The summed E-state index contributed by atoms with van der Waals surface area (Å²) in [6.07, 6.45) is 7.83. The number of rotatable bonds is 5. The summed E-state index contributed by atoms with van der Waals surface area (Å²) in [4.78, 5) is 4.48. The zero-order valence-corrected chi connectivity index (χ0v) is 13.6. The third-order valence-corrected chi connectivity index (χ3v) is 4.28. The number of hydrogen-bond donors (Lipinski definition) is 2. The fourth-order valence-corrected chi connectivity index (χ4v) is 2.63. The highest BCUT2D eigenvalue weighted by atomic mass is 127. The quantitative estimate of drug-likeness (QED) is 0.445. The van der Waals surface area contributed by atoms with E-state index in [0.717, 1.165) is 26.1 Å². The van der Waals surface area contributed by atoms with Crippen LogP contribution in [0.15, 0.2) is 4.99 Å². The van der Waals surface area contributed by atoms with E-state index in [9.17, 15) is 0 Å². The fourth-order valence-electron chi connectivity index (χ4n) is 2.63. The van der Waals surface area contributed by atoms with Crippen LogP contribution in [-0.2, 0) is 4.74 Å².